The zero-order valence-corrected chi connectivity index (χ0v) is 31.2. The van der Waals surface area contributed by atoms with Gasteiger partial charge in [0.05, 0.1) is 18.8 Å². The van der Waals surface area contributed by atoms with E-state index in [1.165, 1.54) is 11.1 Å². The first-order valence-corrected chi connectivity index (χ1v) is 19.2. The average Bonchev–Trinajstić information content (AvgIpc) is 3.23. The number of amides is 2. The number of rotatable bonds is 18. The lowest BCUT2D eigenvalue weighted by Crippen LogP contribution is -2.39. The van der Waals surface area contributed by atoms with Crippen molar-refractivity contribution in [2.75, 3.05) is 6.54 Å². The van der Waals surface area contributed by atoms with Crippen LogP contribution in [0.25, 0.3) is 11.1 Å². The Morgan fingerprint density at radius 3 is 1.91 bits per heavy atom. The molecule has 6 rings (SSSR count). The average molecular weight is 742 g/mol. The van der Waals surface area contributed by atoms with Gasteiger partial charge in [0.1, 0.15) is 0 Å². The fraction of sp³-hybridized carbons (Fsp3) is 0.304. The lowest BCUT2D eigenvalue weighted by Gasteiger charge is -2.38. The topological polar surface area (TPSA) is 120 Å². The van der Waals surface area contributed by atoms with Gasteiger partial charge in [-0.3, -0.25) is 19.7 Å². The Bertz CT molecular complexity index is 1900. The van der Waals surface area contributed by atoms with Crippen LogP contribution >= 0.6 is 0 Å². The van der Waals surface area contributed by atoms with Crippen molar-refractivity contribution in [3.05, 3.63) is 167 Å². The summed E-state index contributed by atoms with van der Waals surface area (Å²) < 4.78 is 13.6. The zero-order chi connectivity index (χ0) is 38.2. The second kappa shape index (κ2) is 20.5. The molecule has 2 amide bonds. The third-order valence-corrected chi connectivity index (χ3v) is 9.92. The Labute approximate surface area is 323 Å². The number of benzene rings is 5. The first kappa shape index (κ1) is 39.5. The molecule has 0 saturated carbocycles. The minimum absolute atomic E-state index is 0.0104. The maximum atomic E-state index is 12.5. The lowest BCUT2D eigenvalue weighted by molar-refractivity contribution is -0.253. The molecular weight excluding hydrogens is 691 g/mol. The summed E-state index contributed by atoms with van der Waals surface area (Å²) in [5.74, 6) is -0.445. The Morgan fingerprint density at radius 1 is 0.636 bits per heavy atom. The highest BCUT2D eigenvalue weighted by Crippen LogP contribution is 2.39. The third-order valence-electron chi connectivity index (χ3n) is 9.92. The van der Waals surface area contributed by atoms with Crippen molar-refractivity contribution in [1.82, 2.24) is 15.7 Å². The quantitative estimate of drug-likeness (QED) is 0.0407. The predicted octanol–water partition coefficient (Wildman–Crippen LogP) is 8.17. The number of nitrogens with zero attached hydrogens (tertiary/aromatic N) is 1. The van der Waals surface area contributed by atoms with E-state index < -0.39 is 12.2 Å². The number of aliphatic hydroxyl groups excluding tert-OH is 1. The molecule has 1 aliphatic rings. The number of unbranched alkanes of at least 4 members (excludes halogenated alkanes) is 2. The Balaban J connectivity index is 1.17. The maximum absolute atomic E-state index is 12.5. The van der Waals surface area contributed by atoms with Crippen LogP contribution in [0.3, 0.4) is 0 Å². The van der Waals surface area contributed by atoms with E-state index in [1.807, 2.05) is 54.6 Å². The van der Waals surface area contributed by atoms with Crippen LogP contribution in [0.4, 0.5) is 0 Å². The van der Waals surface area contributed by atoms with E-state index in [2.05, 4.69) is 89.1 Å². The number of carbonyl (C=O) groups excluding carboxylic acids is 2. The molecule has 9 nitrogen and oxygen atoms in total. The highest BCUT2D eigenvalue weighted by molar-refractivity contribution is 5.76. The molecule has 0 spiro atoms. The molecule has 55 heavy (non-hydrogen) atoms. The molecule has 1 fully saturated rings. The van der Waals surface area contributed by atoms with Gasteiger partial charge in [-0.2, -0.15) is 0 Å². The summed E-state index contributed by atoms with van der Waals surface area (Å²) in [6, 6.07) is 45.5. The normalized spacial score (nSPS) is 16.8. The van der Waals surface area contributed by atoms with E-state index >= 15 is 0 Å². The fourth-order valence-electron chi connectivity index (χ4n) is 7.01. The van der Waals surface area contributed by atoms with Gasteiger partial charge >= 0.3 is 0 Å². The second-order valence-electron chi connectivity index (χ2n) is 14.2. The van der Waals surface area contributed by atoms with Gasteiger partial charge in [-0.05, 0) is 63.9 Å². The van der Waals surface area contributed by atoms with Crippen LogP contribution in [-0.2, 0) is 45.3 Å². The molecule has 9 heteroatoms. The number of nitrogens with one attached hydrogen (secondary N) is 2. The summed E-state index contributed by atoms with van der Waals surface area (Å²) in [5.41, 5.74) is 9.99. The molecule has 0 radical (unpaired) electrons. The van der Waals surface area contributed by atoms with Crippen molar-refractivity contribution in [3.8, 4) is 11.1 Å². The highest BCUT2D eigenvalue weighted by Gasteiger charge is 2.33. The molecule has 5 aromatic carbocycles. The van der Waals surface area contributed by atoms with Crippen LogP contribution in [0.2, 0.25) is 0 Å². The molecular formula is C46H51N3O6. The molecule has 1 heterocycles. The van der Waals surface area contributed by atoms with Crippen LogP contribution in [0.1, 0.15) is 84.3 Å². The second-order valence-corrected chi connectivity index (χ2v) is 14.2. The fourth-order valence-corrected chi connectivity index (χ4v) is 7.01. The molecule has 3 atom stereocenters. The van der Waals surface area contributed by atoms with Gasteiger partial charge in [-0.15, -0.1) is 0 Å². The van der Waals surface area contributed by atoms with Crippen molar-refractivity contribution in [2.45, 2.75) is 83.3 Å². The smallest absolute Gasteiger partial charge is 0.243 e. The SMILES string of the molecule is O=C(CCCCCC(=O)NCc1cccc(-c2cccc([C@H]3O[C@@H](CN(Cc4ccccc4)Cc4ccccc4)C[C@@H](c4ccc(CO)cc4)O3)c2)c1)NO. The van der Waals surface area contributed by atoms with Gasteiger partial charge in [0, 0.05) is 51.0 Å². The minimum Gasteiger partial charge on any atom is -0.392 e. The largest absolute Gasteiger partial charge is 0.392 e. The number of hydrogen-bond donors (Lipinski definition) is 4. The maximum Gasteiger partial charge on any atom is 0.243 e. The molecule has 5 aromatic rings. The van der Waals surface area contributed by atoms with E-state index in [9.17, 15) is 14.7 Å². The summed E-state index contributed by atoms with van der Waals surface area (Å²) in [6.45, 7) is 2.69. The number of carbonyl (C=O) groups is 2. The molecule has 1 saturated heterocycles. The number of hydroxylamine groups is 1. The summed E-state index contributed by atoms with van der Waals surface area (Å²) in [7, 11) is 0. The summed E-state index contributed by atoms with van der Waals surface area (Å²) in [6.07, 6.45) is 2.42. The van der Waals surface area contributed by atoms with Gasteiger partial charge in [0.2, 0.25) is 11.8 Å². The lowest BCUT2D eigenvalue weighted by atomic mass is 9.98. The first-order valence-electron chi connectivity index (χ1n) is 19.2. The van der Waals surface area contributed by atoms with E-state index in [0.29, 0.717) is 38.8 Å². The van der Waals surface area contributed by atoms with Gasteiger partial charge in [0.25, 0.3) is 0 Å². The van der Waals surface area contributed by atoms with Gasteiger partial charge < -0.3 is 19.9 Å². The van der Waals surface area contributed by atoms with E-state index in [4.69, 9.17) is 14.7 Å². The Morgan fingerprint density at radius 2 is 1.25 bits per heavy atom. The summed E-state index contributed by atoms with van der Waals surface area (Å²) in [4.78, 5) is 26.1. The number of hydrogen-bond acceptors (Lipinski definition) is 7. The Hall–Kier alpha value is -5.16. The van der Waals surface area contributed by atoms with Crippen LogP contribution < -0.4 is 10.8 Å². The van der Waals surface area contributed by atoms with Crippen molar-refractivity contribution >= 4 is 11.8 Å². The van der Waals surface area contributed by atoms with Gasteiger partial charge in [0.15, 0.2) is 6.29 Å². The van der Waals surface area contributed by atoms with Crippen molar-refractivity contribution in [3.63, 3.8) is 0 Å². The molecule has 0 aliphatic carbocycles. The van der Waals surface area contributed by atoms with Crippen LogP contribution in [0, 0.1) is 0 Å². The van der Waals surface area contributed by atoms with Gasteiger partial charge in [-0.25, -0.2) is 5.48 Å². The molecule has 4 N–H and O–H groups in total. The molecule has 286 valence electrons. The number of ether oxygens (including phenoxy) is 2. The summed E-state index contributed by atoms with van der Waals surface area (Å²) in [5, 5.41) is 21.3. The minimum atomic E-state index is -0.600. The Kier molecular flexibility index (Phi) is 14.7. The van der Waals surface area contributed by atoms with Crippen LogP contribution in [0.15, 0.2) is 133 Å². The van der Waals surface area contributed by atoms with E-state index in [-0.39, 0.29) is 31.1 Å². The van der Waals surface area contributed by atoms with E-state index in [1.54, 1.807) is 5.48 Å². The first-order chi connectivity index (χ1) is 26.9. The predicted molar refractivity (Wildman–Crippen MR) is 212 cm³/mol. The summed E-state index contributed by atoms with van der Waals surface area (Å²) >= 11 is 0. The monoisotopic (exact) mass is 741 g/mol. The van der Waals surface area contributed by atoms with E-state index in [0.717, 1.165) is 52.9 Å². The van der Waals surface area contributed by atoms with Crippen LogP contribution in [-0.4, -0.2) is 39.7 Å². The van der Waals surface area contributed by atoms with Crippen LogP contribution in [0.5, 0.6) is 0 Å². The third kappa shape index (κ3) is 12.2. The standard InChI is InChI=1S/C46H51N3O6/c50-33-36-22-24-38(25-23-36)43-28-42(32-49(30-34-12-4-1-5-13-34)31-35-14-6-2-7-15-35)54-46(55-43)41-19-11-18-40(27-41)39-17-10-16-37(26-39)29-47-44(51)20-8-3-9-21-45(52)48-53/h1-2,4-7,10-19,22-27,42-43,46,50,53H,3,8-9,20-21,28-33H2,(H,47,51)(H,48,52)/t42-,43+,46+/m1/s1. The van der Waals surface area contributed by atoms with Gasteiger partial charge in [-0.1, -0.05) is 128 Å². The van der Waals surface area contributed by atoms with Crippen molar-refractivity contribution < 1.29 is 29.4 Å². The molecule has 0 aromatic heterocycles. The molecule has 0 unspecified atom stereocenters. The molecule has 0 bridgehead atoms. The van der Waals surface area contributed by atoms with Crippen molar-refractivity contribution in [1.29, 1.82) is 0 Å². The van der Waals surface area contributed by atoms with Crippen molar-refractivity contribution in [2.24, 2.45) is 0 Å². The number of aliphatic hydroxyl groups is 1. The molecule has 1 aliphatic heterocycles. The highest BCUT2D eigenvalue weighted by atomic mass is 16.7. The zero-order valence-electron chi connectivity index (χ0n) is 31.2.